The summed E-state index contributed by atoms with van der Waals surface area (Å²) in [6, 6.07) is 0. The van der Waals surface area contributed by atoms with Gasteiger partial charge in [0.05, 0.1) is 12.5 Å². The van der Waals surface area contributed by atoms with Gasteiger partial charge < -0.3 is 18.9 Å². The molecule has 0 saturated carbocycles. The van der Waals surface area contributed by atoms with E-state index in [0.717, 1.165) is 12.8 Å². The van der Waals surface area contributed by atoms with Gasteiger partial charge in [-0.25, -0.2) is 0 Å². The lowest BCUT2D eigenvalue weighted by atomic mass is 9.98. The van der Waals surface area contributed by atoms with Gasteiger partial charge >= 0.3 is 0 Å². The second-order valence-corrected chi connectivity index (χ2v) is 5.82. The Balaban J connectivity index is 4.68. The van der Waals surface area contributed by atoms with Gasteiger partial charge in [0.1, 0.15) is 0 Å². The van der Waals surface area contributed by atoms with Crippen molar-refractivity contribution in [2.75, 3.05) is 33.0 Å². The van der Waals surface area contributed by atoms with E-state index in [1.54, 1.807) is 0 Å². The van der Waals surface area contributed by atoms with Crippen LogP contribution in [-0.2, 0) is 18.9 Å². The highest BCUT2D eigenvalue weighted by Crippen LogP contribution is 2.31. The zero-order valence-corrected chi connectivity index (χ0v) is 16.2. The lowest BCUT2D eigenvalue weighted by molar-refractivity contribution is -0.405. The van der Waals surface area contributed by atoms with E-state index in [4.69, 9.17) is 18.9 Å². The minimum Gasteiger partial charge on any atom is -0.381 e. The zero-order chi connectivity index (χ0) is 17.4. The van der Waals surface area contributed by atoms with E-state index in [9.17, 15) is 0 Å². The van der Waals surface area contributed by atoms with E-state index in [0.29, 0.717) is 33.0 Å². The number of hydrogen-bond acceptors (Lipinski definition) is 4. The first-order valence-corrected chi connectivity index (χ1v) is 9.70. The lowest BCUT2D eigenvalue weighted by Gasteiger charge is -2.39. The van der Waals surface area contributed by atoms with Crippen LogP contribution in [0.5, 0.6) is 0 Å². The van der Waals surface area contributed by atoms with Crippen LogP contribution >= 0.6 is 0 Å². The SMILES string of the molecule is CCCCCCCCC(COCC)C(OCC)(OCC)OCC. The molecular weight excluding hydrogens is 292 g/mol. The Labute approximate surface area is 144 Å². The van der Waals surface area contributed by atoms with Crippen LogP contribution < -0.4 is 0 Å². The molecule has 0 radical (unpaired) electrons. The van der Waals surface area contributed by atoms with Gasteiger partial charge in [0.15, 0.2) is 0 Å². The van der Waals surface area contributed by atoms with Crippen molar-refractivity contribution in [1.29, 1.82) is 0 Å². The molecule has 0 rings (SSSR count). The smallest absolute Gasteiger partial charge is 0.288 e. The van der Waals surface area contributed by atoms with Crippen LogP contribution in [0.1, 0.15) is 79.6 Å². The van der Waals surface area contributed by atoms with E-state index in [1.165, 1.54) is 32.1 Å². The van der Waals surface area contributed by atoms with E-state index in [-0.39, 0.29) is 5.92 Å². The Morgan fingerprint density at radius 3 is 1.65 bits per heavy atom. The molecule has 1 unspecified atom stereocenters. The van der Waals surface area contributed by atoms with E-state index in [2.05, 4.69) is 6.92 Å². The second kappa shape index (κ2) is 15.4. The van der Waals surface area contributed by atoms with Crippen LogP contribution in [0.2, 0.25) is 0 Å². The van der Waals surface area contributed by atoms with Crippen molar-refractivity contribution >= 4 is 0 Å². The first-order chi connectivity index (χ1) is 11.2. The molecule has 0 aromatic carbocycles. The Kier molecular flexibility index (Phi) is 15.3. The summed E-state index contributed by atoms with van der Waals surface area (Å²) in [6.45, 7) is 13.2. The van der Waals surface area contributed by atoms with Crippen molar-refractivity contribution in [3.8, 4) is 0 Å². The lowest BCUT2D eigenvalue weighted by Crippen LogP contribution is -2.48. The molecule has 0 aromatic rings. The summed E-state index contributed by atoms with van der Waals surface area (Å²) in [7, 11) is 0. The minimum atomic E-state index is -0.961. The van der Waals surface area contributed by atoms with Crippen molar-refractivity contribution < 1.29 is 18.9 Å². The normalized spacial score (nSPS) is 13.4. The highest BCUT2D eigenvalue weighted by molar-refractivity contribution is 4.72. The van der Waals surface area contributed by atoms with Gasteiger partial charge in [0.25, 0.3) is 5.97 Å². The maximum atomic E-state index is 5.94. The summed E-state index contributed by atoms with van der Waals surface area (Å²) in [5, 5.41) is 0. The standard InChI is InChI=1S/C19H40O4/c1-6-11-12-13-14-15-16-18(17-20-7-2)19(21-8-3,22-9-4)23-10-5/h18H,6-17H2,1-5H3. The van der Waals surface area contributed by atoms with E-state index in [1.807, 2.05) is 27.7 Å². The number of ether oxygens (including phenoxy) is 4. The molecule has 0 N–H and O–H groups in total. The molecule has 0 heterocycles. The Bertz CT molecular complexity index is 229. The van der Waals surface area contributed by atoms with Gasteiger partial charge in [-0.15, -0.1) is 0 Å². The summed E-state index contributed by atoms with van der Waals surface area (Å²) in [4.78, 5) is 0. The summed E-state index contributed by atoms with van der Waals surface area (Å²) in [5.74, 6) is -0.856. The molecular formula is C19H40O4. The van der Waals surface area contributed by atoms with Gasteiger partial charge in [0, 0.05) is 26.4 Å². The molecule has 0 amide bonds. The molecule has 0 aliphatic carbocycles. The Morgan fingerprint density at radius 1 is 0.652 bits per heavy atom. The van der Waals surface area contributed by atoms with Crippen LogP contribution in [0.3, 0.4) is 0 Å². The third-order valence-corrected chi connectivity index (χ3v) is 3.97. The predicted molar refractivity (Wildman–Crippen MR) is 95.6 cm³/mol. The molecule has 0 aliphatic rings. The quantitative estimate of drug-likeness (QED) is 0.272. The largest absolute Gasteiger partial charge is 0.381 e. The summed E-state index contributed by atoms with van der Waals surface area (Å²) < 4.78 is 23.5. The van der Waals surface area contributed by atoms with Gasteiger partial charge in [-0.3, -0.25) is 0 Å². The fraction of sp³-hybridized carbons (Fsp3) is 1.00. The maximum absolute atomic E-state index is 5.94. The van der Waals surface area contributed by atoms with E-state index >= 15 is 0 Å². The molecule has 0 aromatic heterocycles. The average molecular weight is 333 g/mol. The third kappa shape index (κ3) is 9.65. The van der Waals surface area contributed by atoms with Crippen LogP contribution in [0.25, 0.3) is 0 Å². The maximum Gasteiger partial charge on any atom is 0.288 e. The number of rotatable bonds is 17. The molecule has 1 atom stereocenters. The predicted octanol–water partition coefficient (Wildman–Crippen LogP) is 5.15. The monoisotopic (exact) mass is 332 g/mol. The topological polar surface area (TPSA) is 36.9 Å². The number of unbranched alkanes of at least 4 members (excludes halogenated alkanes) is 5. The first-order valence-electron chi connectivity index (χ1n) is 9.70. The summed E-state index contributed by atoms with van der Waals surface area (Å²) >= 11 is 0. The molecule has 4 heteroatoms. The van der Waals surface area contributed by atoms with Crippen molar-refractivity contribution in [3.05, 3.63) is 0 Å². The van der Waals surface area contributed by atoms with Crippen molar-refractivity contribution in [1.82, 2.24) is 0 Å². The highest BCUT2D eigenvalue weighted by Gasteiger charge is 2.41. The van der Waals surface area contributed by atoms with Gasteiger partial charge in [-0.2, -0.15) is 0 Å². The van der Waals surface area contributed by atoms with Crippen LogP contribution in [0.4, 0.5) is 0 Å². The van der Waals surface area contributed by atoms with Crippen molar-refractivity contribution in [2.24, 2.45) is 5.92 Å². The molecule has 140 valence electrons. The fourth-order valence-electron chi connectivity index (χ4n) is 2.88. The average Bonchev–Trinajstić information content (AvgIpc) is 2.54. The van der Waals surface area contributed by atoms with E-state index < -0.39 is 5.97 Å². The van der Waals surface area contributed by atoms with Crippen LogP contribution in [-0.4, -0.2) is 39.0 Å². The van der Waals surface area contributed by atoms with Crippen LogP contribution in [0, 0.1) is 5.92 Å². The van der Waals surface area contributed by atoms with Gasteiger partial charge in [0.2, 0.25) is 0 Å². The first kappa shape index (κ1) is 22.8. The molecule has 0 bridgehead atoms. The van der Waals surface area contributed by atoms with Crippen molar-refractivity contribution in [2.45, 2.75) is 85.5 Å². The Morgan fingerprint density at radius 2 is 1.17 bits per heavy atom. The van der Waals surface area contributed by atoms with Gasteiger partial charge in [-0.1, -0.05) is 45.4 Å². The molecule has 4 nitrogen and oxygen atoms in total. The van der Waals surface area contributed by atoms with Gasteiger partial charge in [-0.05, 0) is 34.1 Å². The number of hydrogen-bond donors (Lipinski definition) is 0. The fourth-order valence-corrected chi connectivity index (χ4v) is 2.88. The Hall–Kier alpha value is -0.160. The molecule has 0 fully saturated rings. The minimum absolute atomic E-state index is 0.105. The summed E-state index contributed by atoms with van der Waals surface area (Å²) in [5.41, 5.74) is 0. The molecule has 0 aliphatic heterocycles. The zero-order valence-electron chi connectivity index (χ0n) is 16.2. The van der Waals surface area contributed by atoms with Crippen molar-refractivity contribution in [3.63, 3.8) is 0 Å². The molecule has 23 heavy (non-hydrogen) atoms. The summed E-state index contributed by atoms with van der Waals surface area (Å²) in [6.07, 6.45) is 8.68. The van der Waals surface area contributed by atoms with Crippen LogP contribution in [0.15, 0.2) is 0 Å². The molecule has 0 saturated heterocycles. The third-order valence-electron chi connectivity index (χ3n) is 3.97. The molecule has 0 spiro atoms. The highest BCUT2D eigenvalue weighted by atomic mass is 16.9. The second-order valence-electron chi connectivity index (χ2n) is 5.82.